The Balaban J connectivity index is 1.90. The highest BCUT2D eigenvalue weighted by molar-refractivity contribution is 5.99. The number of carboxylic acids is 1. The Bertz CT molecular complexity index is 710. The van der Waals surface area contributed by atoms with Gasteiger partial charge in [-0.05, 0) is 19.1 Å². The molecule has 7 nitrogen and oxygen atoms in total. The van der Waals surface area contributed by atoms with Crippen LogP contribution in [0, 0.1) is 12.8 Å². The molecule has 1 saturated heterocycles. The quantitative estimate of drug-likeness (QED) is 0.883. The van der Waals surface area contributed by atoms with Crippen LogP contribution >= 0.6 is 0 Å². The summed E-state index contributed by atoms with van der Waals surface area (Å²) in [6.45, 7) is 2.01. The maximum absolute atomic E-state index is 12.0. The molecular weight excluding hydrogens is 272 g/mol. The molecule has 1 atom stereocenters. The molecule has 2 aromatic rings. The van der Waals surface area contributed by atoms with Crippen LogP contribution < -0.4 is 4.90 Å². The first-order valence-corrected chi connectivity index (χ1v) is 6.57. The number of hydrogen-bond donors (Lipinski definition) is 2. The zero-order valence-corrected chi connectivity index (χ0v) is 11.4. The molecule has 1 aliphatic rings. The van der Waals surface area contributed by atoms with Crippen LogP contribution in [0.3, 0.4) is 0 Å². The highest BCUT2D eigenvalue weighted by Gasteiger charge is 2.35. The fourth-order valence-electron chi connectivity index (χ4n) is 2.41. The van der Waals surface area contributed by atoms with Gasteiger partial charge in [0.05, 0.1) is 5.92 Å². The SMILES string of the molecule is Cc1nc(-c2cccc(N3CC(C(=O)O)CC3=O)c2)n[nH]1. The van der Waals surface area contributed by atoms with E-state index in [1.807, 2.05) is 13.0 Å². The average molecular weight is 286 g/mol. The van der Waals surface area contributed by atoms with E-state index >= 15 is 0 Å². The lowest BCUT2D eigenvalue weighted by atomic mass is 10.1. The smallest absolute Gasteiger partial charge is 0.308 e. The maximum atomic E-state index is 12.0. The normalized spacial score (nSPS) is 18.2. The number of anilines is 1. The van der Waals surface area contributed by atoms with Crippen molar-refractivity contribution in [2.45, 2.75) is 13.3 Å². The Hall–Kier alpha value is -2.70. The summed E-state index contributed by atoms with van der Waals surface area (Å²) >= 11 is 0. The number of amides is 1. The number of benzene rings is 1. The summed E-state index contributed by atoms with van der Waals surface area (Å²) in [5, 5.41) is 15.9. The zero-order chi connectivity index (χ0) is 15.0. The number of aryl methyl sites for hydroxylation is 1. The Morgan fingerprint density at radius 1 is 1.48 bits per heavy atom. The molecule has 0 radical (unpaired) electrons. The van der Waals surface area contributed by atoms with E-state index in [0.29, 0.717) is 17.3 Å². The maximum Gasteiger partial charge on any atom is 0.308 e. The molecule has 1 aromatic carbocycles. The van der Waals surface area contributed by atoms with Crippen LogP contribution in [0.15, 0.2) is 24.3 Å². The first-order valence-electron chi connectivity index (χ1n) is 6.57. The van der Waals surface area contributed by atoms with E-state index in [-0.39, 0.29) is 18.9 Å². The number of aromatic nitrogens is 3. The molecule has 21 heavy (non-hydrogen) atoms. The first-order chi connectivity index (χ1) is 10.0. The lowest BCUT2D eigenvalue weighted by Crippen LogP contribution is -2.25. The van der Waals surface area contributed by atoms with Gasteiger partial charge in [-0.1, -0.05) is 12.1 Å². The number of carbonyl (C=O) groups excluding carboxylic acids is 1. The van der Waals surface area contributed by atoms with Gasteiger partial charge in [0.1, 0.15) is 5.82 Å². The van der Waals surface area contributed by atoms with Gasteiger partial charge in [-0.2, -0.15) is 5.10 Å². The van der Waals surface area contributed by atoms with Gasteiger partial charge in [0.25, 0.3) is 0 Å². The van der Waals surface area contributed by atoms with Crippen LogP contribution in [0.25, 0.3) is 11.4 Å². The van der Waals surface area contributed by atoms with Gasteiger partial charge in [0, 0.05) is 24.2 Å². The van der Waals surface area contributed by atoms with E-state index in [9.17, 15) is 9.59 Å². The molecule has 2 heterocycles. The predicted octanol–water partition coefficient (Wildman–Crippen LogP) is 1.22. The van der Waals surface area contributed by atoms with Crippen molar-refractivity contribution >= 4 is 17.6 Å². The topological polar surface area (TPSA) is 99.2 Å². The fraction of sp³-hybridized carbons (Fsp3) is 0.286. The molecule has 1 amide bonds. The number of aliphatic carboxylic acids is 1. The van der Waals surface area contributed by atoms with E-state index in [2.05, 4.69) is 15.2 Å². The summed E-state index contributed by atoms with van der Waals surface area (Å²) in [6, 6.07) is 7.23. The predicted molar refractivity (Wildman–Crippen MR) is 74.7 cm³/mol. The third kappa shape index (κ3) is 2.49. The van der Waals surface area contributed by atoms with Crippen LogP contribution in [0.4, 0.5) is 5.69 Å². The minimum Gasteiger partial charge on any atom is -0.481 e. The molecule has 1 aromatic heterocycles. The van der Waals surface area contributed by atoms with E-state index in [4.69, 9.17) is 5.11 Å². The van der Waals surface area contributed by atoms with Crippen molar-refractivity contribution in [2.75, 3.05) is 11.4 Å². The van der Waals surface area contributed by atoms with Gasteiger partial charge in [0.15, 0.2) is 5.82 Å². The van der Waals surface area contributed by atoms with Crippen LogP contribution in [0.1, 0.15) is 12.2 Å². The number of rotatable bonds is 3. The summed E-state index contributed by atoms with van der Waals surface area (Å²) in [5.41, 5.74) is 1.45. The Kier molecular flexibility index (Phi) is 3.17. The third-order valence-electron chi connectivity index (χ3n) is 3.49. The molecular formula is C14H14N4O3. The second-order valence-corrected chi connectivity index (χ2v) is 5.04. The molecule has 1 fully saturated rings. The van der Waals surface area contributed by atoms with Gasteiger partial charge in [-0.25, -0.2) is 4.98 Å². The Morgan fingerprint density at radius 2 is 2.29 bits per heavy atom. The molecule has 108 valence electrons. The van der Waals surface area contributed by atoms with Crippen LogP contribution in [0.2, 0.25) is 0 Å². The number of carbonyl (C=O) groups is 2. The van der Waals surface area contributed by atoms with E-state index in [0.717, 1.165) is 5.56 Å². The third-order valence-corrected chi connectivity index (χ3v) is 3.49. The van der Waals surface area contributed by atoms with Crippen molar-refractivity contribution < 1.29 is 14.7 Å². The molecule has 7 heteroatoms. The molecule has 0 saturated carbocycles. The summed E-state index contributed by atoms with van der Waals surface area (Å²) in [7, 11) is 0. The van der Waals surface area contributed by atoms with Crippen molar-refractivity contribution in [2.24, 2.45) is 5.92 Å². The van der Waals surface area contributed by atoms with Gasteiger partial charge in [-0.3, -0.25) is 14.7 Å². The summed E-state index contributed by atoms with van der Waals surface area (Å²) in [4.78, 5) is 28.7. The fourth-order valence-corrected chi connectivity index (χ4v) is 2.41. The van der Waals surface area contributed by atoms with E-state index in [1.165, 1.54) is 4.90 Å². The van der Waals surface area contributed by atoms with Gasteiger partial charge < -0.3 is 10.0 Å². The Morgan fingerprint density at radius 3 is 2.90 bits per heavy atom. The standard InChI is InChI=1S/C14H14N4O3/c1-8-15-13(17-16-8)9-3-2-4-11(5-9)18-7-10(14(20)21)6-12(18)19/h2-5,10H,6-7H2,1H3,(H,20,21)(H,15,16,17). The molecule has 3 rings (SSSR count). The second-order valence-electron chi connectivity index (χ2n) is 5.04. The molecule has 2 N–H and O–H groups in total. The Labute approximate surface area is 120 Å². The number of aromatic amines is 1. The molecule has 1 aliphatic heterocycles. The second kappa shape index (κ2) is 5.01. The zero-order valence-electron chi connectivity index (χ0n) is 11.4. The van der Waals surface area contributed by atoms with Crippen LogP contribution in [-0.4, -0.2) is 38.7 Å². The first kappa shape index (κ1) is 13.3. The monoisotopic (exact) mass is 286 g/mol. The summed E-state index contributed by atoms with van der Waals surface area (Å²) < 4.78 is 0. The van der Waals surface area contributed by atoms with Gasteiger partial charge in [0.2, 0.25) is 5.91 Å². The van der Waals surface area contributed by atoms with Crippen LogP contribution in [0.5, 0.6) is 0 Å². The molecule has 0 bridgehead atoms. The number of H-pyrrole nitrogens is 1. The van der Waals surface area contributed by atoms with Crippen LogP contribution in [-0.2, 0) is 9.59 Å². The largest absolute Gasteiger partial charge is 0.481 e. The average Bonchev–Trinajstić information content (AvgIpc) is 3.05. The lowest BCUT2D eigenvalue weighted by Gasteiger charge is -2.16. The molecule has 1 unspecified atom stereocenters. The number of hydrogen-bond acceptors (Lipinski definition) is 4. The summed E-state index contributed by atoms with van der Waals surface area (Å²) in [6.07, 6.45) is 0.0410. The molecule has 0 spiro atoms. The molecule has 0 aliphatic carbocycles. The highest BCUT2D eigenvalue weighted by atomic mass is 16.4. The number of nitrogens with one attached hydrogen (secondary N) is 1. The van der Waals surface area contributed by atoms with E-state index in [1.54, 1.807) is 18.2 Å². The van der Waals surface area contributed by atoms with Crippen molar-refractivity contribution in [3.63, 3.8) is 0 Å². The summed E-state index contributed by atoms with van der Waals surface area (Å²) in [5.74, 6) is -0.501. The number of nitrogens with zero attached hydrogens (tertiary/aromatic N) is 3. The van der Waals surface area contributed by atoms with Gasteiger partial charge in [-0.15, -0.1) is 0 Å². The van der Waals surface area contributed by atoms with E-state index < -0.39 is 11.9 Å². The highest BCUT2D eigenvalue weighted by Crippen LogP contribution is 2.28. The number of carboxylic acid groups (broad SMARTS) is 1. The van der Waals surface area contributed by atoms with Crippen molar-refractivity contribution in [1.82, 2.24) is 15.2 Å². The lowest BCUT2D eigenvalue weighted by molar-refractivity contribution is -0.141. The minimum absolute atomic E-state index is 0.0410. The van der Waals surface area contributed by atoms with Gasteiger partial charge >= 0.3 is 5.97 Å². The van der Waals surface area contributed by atoms with Crippen molar-refractivity contribution in [3.05, 3.63) is 30.1 Å². The minimum atomic E-state index is -0.938. The van der Waals surface area contributed by atoms with Crippen molar-refractivity contribution in [1.29, 1.82) is 0 Å². The van der Waals surface area contributed by atoms with Crippen molar-refractivity contribution in [3.8, 4) is 11.4 Å².